The molecular formula is C18H37Cl2N3O2. The van der Waals surface area contributed by atoms with Crippen LogP contribution in [0.4, 0.5) is 0 Å². The van der Waals surface area contributed by atoms with Crippen molar-refractivity contribution in [3.8, 4) is 0 Å². The molecule has 0 bridgehead atoms. The quantitative estimate of drug-likeness (QED) is 0.670. The van der Waals surface area contributed by atoms with Crippen molar-refractivity contribution in [2.24, 2.45) is 11.7 Å². The molecule has 150 valence electrons. The molecule has 1 unspecified atom stereocenters. The Hall–Kier alpha value is -0.0700. The first-order chi connectivity index (χ1) is 11.1. The van der Waals surface area contributed by atoms with E-state index in [1.165, 1.54) is 19.3 Å². The van der Waals surface area contributed by atoms with Gasteiger partial charge >= 0.3 is 0 Å². The molecule has 2 N–H and O–H groups in total. The highest BCUT2D eigenvalue weighted by molar-refractivity contribution is 5.85. The van der Waals surface area contributed by atoms with Gasteiger partial charge in [-0.3, -0.25) is 9.69 Å². The van der Waals surface area contributed by atoms with Crippen LogP contribution in [0.1, 0.15) is 52.4 Å². The highest BCUT2D eigenvalue weighted by atomic mass is 35.5. The average molecular weight is 398 g/mol. The van der Waals surface area contributed by atoms with Crippen LogP contribution in [0.2, 0.25) is 0 Å². The smallest absolute Gasteiger partial charge is 0.240 e. The fourth-order valence-electron chi connectivity index (χ4n) is 3.82. The largest absolute Gasteiger partial charge is 0.378 e. The molecule has 0 saturated carbocycles. The fourth-order valence-corrected chi connectivity index (χ4v) is 3.82. The number of ether oxygens (including phenoxy) is 1. The minimum atomic E-state index is 0. The SMILES string of the molecule is CC(C)C(C(=O)N1CCC(OCCCN)CC1)N1CCCCC1.Cl.Cl. The first-order valence-electron chi connectivity index (χ1n) is 9.48. The Labute approximate surface area is 165 Å². The van der Waals surface area contributed by atoms with Crippen LogP contribution >= 0.6 is 24.8 Å². The van der Waals surface area contributed by atoms with E-state index in [9.17, 15) is 4.79 Å². The van der Waals surface area contributed by atoms with Crippen molar-refractivity contribution in [2.45, 2.75) is 64.5 Å². The van der Waals surface area contributed by atoms with Crippen molar-refractivity contribution < 1.29 is 9.53 Å². The van der Waals surface area contributed by atoms with Crippen LogP contribution in [-0.2, 0) is 9.53 Å². The number of carbonyl (C=O) groups excluding carboxylic acids is 1. The summed E-state index contributed by atoms with van der Waals surface area (Å²) in [4.78, 5) is 17.5. The molecule has 0 spiro atoms. The predicted octanol–water partition coefficient (Wildman–Crippen LogP) is 2.70. The van der Waals surface area contributed by atoms with E-state index in [4.69, 9.17) is 10.5 Å². The molecule has 0 aromatic rings. The molecule has 0 radical (unpaired) electrons. The summed E-state index contributed by atoms with van der Waals surface area (Å²) in [5.74, 6) is 0.710. The van der Waals surface area contributed by atoms with Gasteiger partial charge < -0.3 is 15.4 Å². The molecule has 2 fully saturated rings. The van der Waals surface area contributed by atoms with E-state index in [0.29, 0.717) is 24.5 Å². The van der Waals surface area contributed by atoms with Gasteiger partial charge in [0.15, 0.2) is 0 Å². The number of amides is 1. The molecule has 2 heterocycles. The lowest BCUT2D eigenvalue weighted by atomic mass is 9.96. The second kappa shape index (κ2) is 13.2. The van der Waals surface area contributed by atoms with E-state index >= 15 is 0 Å². The van der Waals surface area contributed by atoms with E-state index in [1.54, 1.807) is 0 Å². The van der Waals surface area contributed by atoms with Gasteiger partial charge in [0.25, 0.3) is 0 Å². The molecule has 5 nitrogen and oxygen atoms in total. The Morgan fingerprint density at radius 1 is 1.08 bits per heavy atom. The van der Waals surface area contributed by atoms with Gasteiger partial charge in [0.2, 0.25) is 5.91 Å². The minimum absolute atomic E-state index is 0. The van der Waals surface area contributed by atoms with Crippen molar-refractivity contribution in [1.82, 2.24) is 9.80 Å². The highest BCUT2D eigenvalue weighted by Gasteiger charge is 2.34. The van der Waals surface area contributed by atoms with Crippen molar-refractivity contribution in [3.63, 3.8) is 0 Å². The number of nitrogens with zero attached hydrogens (tertiary/aromatic N) is 2. The van der Waals surface area contributed by atoms with E-state index in [1.807, 2.05) is 0 Å². The average Bonchev–Trinajstić information content (AvgIpc) is 2.56. The van der Waals surface area contributed by atoms with Gasteiger partial charge in [-0.25, -0.2) is 0 Å². The lowest BCUT2D eigenvalue weighted by Crippen LogP contribution is -2.54. The lowest BCUT2D eigenvalue weighted by Gasteiger charge is -2.40. The van der Waals surface area contributed by atoms with Crippen molar-refractivity contribution in [3.05, 3.63) is 0 Å². The minimum Gasteiger partial charge on any atom is -0.378 e. The fraction of sp³-hybridized carbons (Fsp3) is 0.944. The summed E-state index contributed by atoms with van der Waals surface area (Å²) in [6.07, 6.45) is 6.91. The van der Waals surface area contributed by atoms with E-state index in [-0.39, 0.29) is 30.9 Å². The summed E-state index contributed by atoms with van der Waals surface area (Å²) in [6.45, 7) is 9.62. The number of hydrogen-bond donors (Lipinski definition) is 1. The molecule has 25 heavy (non-hydrogen) atoms. The van der Waals surface area contributed by atoms with Crippen LogP contribution in [-0.4, -0.2) is 67.2 Å². The molecule has 1 amide bonds. The third kappa shape index (κ3) is 7.59. The molecular weight excluding hydrogens is 361 g/mol. The molecule has 2 rings (SSSR count). The Balaban J connectivity index is 0.00000288. The zero-order chi connectivity index (χ0) is 16.7. The van der Waals surface area contributed by atoms with Crippen molar-refractivity contribution in [1.29, 1.82) is 0 Å². The maximum Gasteiger partial charge on any atom is 0.240 e. The summed E-state index contributed by atoms with van der Waals surface area (Å²) < 4.78 is 5.85. The predicted molar refractivity (Wildman–Crippen MR) is 108 cm³/mol. The number of hydrogen-bond acceptors (Lipinski definition) is 4. The molecule has 2 aliphatic heterocycles. The summed E-state index contributed by atoms with van der Waals surface area (Å²) in [5.41, 5.74) is 5.50. The topological polar surface area (TPSA) is 58.8 Å². The maximum absolute atomic E-state index is 13.0. The van der Waals surface area contributed by atoms with Gasteiger partial charge in [0.1, 0.15) is 0 Å². The molecule has 0 aromatic heterocycles. The van der Waals surface area contributed by atoms with Gasteiger partial charge in [0, 0.05) is 19.7 Å². The number of halogens is 2. The van der Waals surface area contributed by atoms with Crippen LogP contribution in [0.5, 0.6) is 0 Å². The van der Waals surface area contributed by atoms with Gasteiger partial charge in [-0.1, -0.05) is 20.3 Å². The van der Waals surface area contributed by atoms with Crippen LogP contribution in [0.15, 0.2) is 0 Å². The Morgan fingerprint density at radius 2 is 1.68 bits per heavy atom. The zero-order valence-electron chi connectivity index (χ0n) is 15.8. The molecule has 0 aromatic carbocycles. The molecule has 7 heteroatoms. The second-order valence-corrected chi connectivity index (χ2v) is 7.32. The normalized spacial score (nSPS) is 20.7. The number of piperidine rings is 2. The summed E-state index contributed by atoms with van der Waals surface area (Å²) in [5, 5.41) is 0. The van der Waals surface area contributed by atoms with E-state index in [0.717, 1.165) is 52.0 Å². The van der Waals surface area contributed by atoms with E-state index < -0.39 is 0 Å². The van der Waals surface area contributed by atoms with Gasteiger partial charge in [-0.15, -0.1) is 24.8 Å². The molecule has 2 saturated heterocycles. The first kappa shape index (κ1) is 24.9. The van der Waals surface area contributed by atoms with Crippen LogP contribution in [0, 0.1) is 5.92 Å². The third-order valence-corrected chi connectivity index (χ3v) is 5.12. The van der Waals surface area contributed by atoms with E-state index in [2.05, 4.69) is 23.6 Å². The standard InChI is InChI=1S/C18H35N3O2.2ClH/c1-15(2)17(20-10-4-3-5-11-20)18(22)21-12-7-16(8-13-21)23-14-6-9-19;;/h15-17H,3-14,19H2,1-2H3;2*1H. The lowest BCUT2D eigenvalue weighted by molar-refractivity contribution is -0.141. The number of nitrogens with two attached hydrogens (primary N) is 1. The van der Waals surface area contributed by atoms with Gasteiger partial charge in [-0.2, -0.15) is 0 Å². The van der Waals surface area contributed by atoms with Crippen LogP contribution in [0.3, 0.4) is 0 Å². The first-order valence-corrected chi connectivity index (χ1v) is 9.48. The molecule has 1 atom stereocenters. The second-order valence-electron chi connectivity index (χ2n) is 7.32. The van der Waals surface area contributed by atoms with Gasteiger partial charge in [-0.05, 0) is 57.7 Å². The van der Waals surface area contributed by atoms with Crippen molar-refractivity contribution in [2.75, 3.05) is 39.3 Å². The third-order valence-electron chi connectivity index (χ3n) is 5.12. The van der Waals surface area contributed by atoms with Crippen molar-refractivity contribution >= 4 is 30.7 Å². The summed E-state index contributed by atoms with van der Waals surface area (Å²) >= 11 is 0. The number of rotatable bonds is 7. The van der Waals surface area contributed by atoms with Crippen LogP contribution < -0.4 is 5.73 Å². The Morgan fingerprint density at radius 3 is 2.20 bits per heavy atom. The number of carbonyl (C=O) groups is 1. The Bertz CT molecular complexity index is 358. The Kier molecular flexibility index (Phi) is 13.1. The summed E-state index contributed by atoms with van der Waals surface area (Å²) in [6, 6.07) is 0.0602. The molecule has 2 aliphatic rings. The molecule has 0 aliphatic carbocycles. The number of likely N-dealkylation sites (tertiary alicyclic amines) is 2. The highest BCUT2D eigenvalue weighted by Crippen LogP contribution is 2.22. The monoisotopic (exact) mass is 397 g/mol. The maximum atomic E-state index is 13.0. The zero-order valence-corrected chi connectivity index (χ0v) is 17.5. The van der Waals surface area contributed by atoms with Crippen LogP contribution in [0.25, 0.3) is 0 Å². The summed E-state index contributed by atoms with van der Waals surface area (Å²) in [7, 11) is 0. The van der Waals surface area contributed by atoms with Gasteiger partial charge in [0.05, 0.1) is 12.1 Å².